The Kier molecular flexibility index (Phi) is 5.25. The molecule has 0 aromatic heterocycles. The maximum Gasteiger partial charge on any atom is 0.0574 e. The number of hydrogen-bond donors (Lipinski definition) is 2. The van der Waals surface area contributed by atoms with Gasteiger partial charge in [-0.1, -0.05) is 28.9 Å². The number of nitrogens with one attached hydrogen (secondary N) is 1. The first-order valence-electron chi connectivity index (χ1n) is 7.07. The number of aliphatic hydroxyl groups excluding tert-OH is 1. The number of anilines is 1. The zero-order valence-electron chi connectivity index (χ0n) is 11.7. The topological polar surface area (TPSA) is 35.5 Å². The van der Waals surface area contributed by atoms with Gasteiger partial charge in [0.15, 0.2) is 0 Å². The second-order valence-electron chi connectivity index (χ2n) is 5.20. The lowest BCUT2D eigenvalue weighted by Gasteiger charge is -2.32. The van der Waals surface area contributed by atoms with Crippen LogP contribution in [0.5, 0.6) is 0 Å². The van der Waals surface area contributed by atoms with Gasteiger partial charge in [-0.3, -0.25) is 0 Å². The van der Waals surface area contributed by atoms with Gasteiger partial charge in [0.1, 0.15) is 0 Å². The first-order chi connectivity index (χ1) is 9.11. The van der Waals surface area contributed by atoms with Gasteiger partial charge < -0.3 is 15.3 Å². The summed E-state index contributed by atoms with van der Waals surface area (Å²) >= 11 is 3.68. The molecule has 0 aliphatic carbocycles. The Bertz CT molecular complexity index is 417. The highest BCUT2D eigenvalue weighted by Crippen LogP contribution is 2.29. The molecule has 2 rings (SSSR count). The van der Waals surface area contributed by atoms with Crippen molar-refractivity contribution in [3.8, 4) is 0 Å². The summed E-state index contributed by atoms with van der Waals surface area (Å²) in [4.78, 5) is 2.35. The molecule has 4 heteroatoms. The minimum absolute atomic E-state index is 0.118. The lowest BCUT2D eigenvalue weighted by atomic mass is 10.0. The molecule has 1 aromatic carbocycles. The third-order valence-electron chi connectivity index (χ3n) is 3.79. The predicted molar refractivity (Wildman–Crippen MR) is 83.7 cm³/mol. The summed E-state index contributed by atoms with van der Waals surface area (Å²) in [7, 11) is 0. The molecule has 1 aromatic rings. The molecule has 2 N–H and O–H groups in total. The van der Waals surface area contributed by atoms with E-state index in [0.717, 1.165) is 36.9 Å². The first kappa shape index (κ1) is 14.8. The number of benzene rings is 1. The lowest BCUT2D eigenvalue weighted by molar-refractivity contribution is 0.145. The standard InChI is InChI=1S/C15H23BrN2O/c1-3-17-11(2)14-5-4-12(10-15(14)16)18-8-6-13(19)7-9-18/h4-5,10-11,13,17,19H,3,6-9H2,1-2H3. The van der Waals surface area contributed by atoms with E-state index in [0.29, 0.717) is 6.04 Å². The molecule has 19 heavy (non-hydrogen) atoms. The number of piperidine rings is 1. The Morgan fingerprint density at radius 1 is 1.42 bits per heavy atom. The molecule has 1 unspecified atom stereocenters. The predicted octanol–water partition coefficient (Wildman–Crippen LogP) is 3.08. The molecule has 106 valence electrons. The SMILES string of the molecule is CCNC(C)c1ccc(N2CCC(O)CC2)cc1Br. The Morgan fingerprint density at radius 2 is 2.11 bits per heavy atom. The lowest BCUT2D eigenvalue weighted by Crippen LogP contribution is -2.35. The van der Waals surface area contributed by atoms with E-state index in [1.165, 1.54) is 11.3 Å². The maximum absolute atomic E-state index is 9.56. The van der Waals surface area contributed by atoms with Crippen LogP contribution in [0.3, 0.4) is 0 Å². The van der Waals surface area contributed by atoms with Crippen LogP contribution in [0.1, 0.15) is 38.3 Å². The van der Waals surface area contributed by atoms with Crippen molar-refractivity contribution in [1.29, 1.82) is 0 Å². The van der Waals surface area contributed by atoms with Gasteiger partial charge in [-0.15, -0.1) is 0 Å². The van der Waals surface area contributed by atoms with Crippen LogP contribution in [0.15, 0.2) is 22.7 Å². The molecule has 0 radical (unpaired) electrons. The van der Waals surface area contributed by atoms with Crippen LogP contribution in [0, 0.1) is 0 Å². The van der Waals surface area contributed by atoms with E-state index < -0.39 is 0 Å². The minimum Gasteiger partial charge on any atom is -0.393 e. The van der Waals surface area contributed by atoms with Crippen LogP contribution in [-0.4, -0.2) is 30.8 Å². The van der Waals surface area contributed by atoms with Crippen molar-refractivity contribution in [1.82, 2.24) is 5.32 Å². The summed E-state index contributed by atoms with van der Waals surface area (Å²) in [5.41, 5.74) is 2.54. The van der Waals surface area contributed by atoms with Gasteiger partial charge in [0.25, 0.3) is 0 Å². The second kappa shape index (κ2) is 6.73. The van der Waals surface area contributed by atoms with Crippen LogP contribution in [0.2, 0.25) is 0 Å². The zero-order chi connectivity index (χ0) is 13.8. The van der Waals surface area contributed by atoms with Crippen LogP contribution in [-0.2, 0) is 0 Å². The third kappa shape index (κ3) is 3.71. The molecule has 0 bridgehead atoms. The first-order valence-corrected chi connectivity index (χ1v) is 7.87. The van der Waals surface area contributed by atoms with Crippen molar-refractivity contribution < 1.29 is 5.11 Å². The molecule has 0 spiro atoms. The summed E-state index contributed by atoms with van der Waals surface area (Å²) in [5.74, 6) is 0. The monoisotopic (exact) mass is 326 g/mol. The Morgan fingerprint density at radius 3 is 2.68 bits per heavy atom. The summed E-state index contributed by atoms with van der Waals surface area (Å²) in [5, 5.41) is 13.0. The Labute approximate surface area is 124 Å². The van der Waals surface area contributed by atoms with Gasteiger partial charge in [-0.05, 0) is 44.0 Å². The molecule has 1 saturated heterocycles. The van der Waals surface area contributed by atoms with Gasteiger partial charge >= 0.3 is 0 Å². The zero-order valence-corrected chi connectivity index (χ0v) is 13.3. The Hall–Kier alpha value is -0.580. The third-order valence-corrected chi connectivity index (χ3v) is 4.48. The van der Waals surface area contributed by atoms with Gasteiger partial charge in [0, 0.05) is 29.3 Å². The van der Waals surface area contributed by atoms with Crippen LogP contribution in [0.4, 0.5) is 5.69 Å². The van der Waals surface area contributed by atoms with Crippen molar-refractivity contribution in [2.45, 2.75) is 38.8 Å². The molecule has 1 atom stereocenters. The van der Waals surface area contributed by atoms with E-state index in [1.807, 2.05) is 0 Å². The number of halogens is 1. The smallest absolute Gasteiger partial charge is 0.0574 e. The van der Waals surface area contributed by atoms with Crippen LogP contribution >= 0.6 is 15.9 Å². The maximum atomic E-state index is 9.56. The van der Waals surface area contributed by atoms with Crippen molar-refractivity contribution in [3.05, 3.63) is 28.2 Å². The Balaban J connectivity index is 2.10. The van der Waals surface area contributed by atoms with Gasteiger partial charge in [0.05, 0.1) is 6.10 Å². The quantitative estimate of drug-likeness (QED) is 0.892. The van der Waals surface area contributed by atoms with E-state index in [2.05, 4.69) is 58.2 Å². The molecule has 1 aliphatic heterocycles. The minimum atomic E-state index is -0.118. The molecule has 1 aliphatic rings. The fraction of sp³-hybridized carbons (Fsp3) is 0.600. The van der Waals surface area contributed by atoms with Gasteiger partial charge in [-0.25, -0.2) is 0 Å². The molecular weight excluding hydrogens is 304 g/mol. The number of nitrogens with zero attached hydrogens (tertiary/aromatic N) is 1. The molecule has 1 heterocycles. The van der Waals surface area contributed by atoms with Gasteiger partial charge in [0.2, 0.25) is 0 Å². The molecule has 3 nitrogen and oxygen atoms in total. The van der Waals surface area contributed by atoms with Crippen molar-refractivity contribution in [2.75, 3.05) is 24.5 Å². The highest BCUT2D eigenvalue weighted by atomic mass is 79.9. The van der Waals surface area contributed by atoms with E-state index in [4.69, 9.17) is 0 Å². The molecule has 1 fully saturated rings. The number of hydrogen-bond acceptors (Lipinski definition) is 3. The highest BCUT2D eigenvalue weighted by molar-refractivity contribution is 9.10. The average molecular weight is 327 g/mol. The largest absolute Gasteiger partial charge is 0.393 e. The second-order valence-corrected chi connectivity index (χ2v) is 6.06. The van der Waals surface area contributed by atoms with E-state index in [9.17, 15) is 5.11 Å². The summed E-state index contributed by atoms with van der Waals surface area (Å²) in [6.07, 6.45) is 1.62. The van der Waals surface area contributed by atoms with E-state index in [-0.39, 0.29) is 6.10 Å². The highest BCUT2D eigenvalue weighted by Gasteiger charge is 2.18. The summed E-state index contributed by atoms with van der Waals surface area (Å²) in [6, 6.07) is 6.93. The summed E-state index contributed by atoms with van der Waals surface area (Å²) < 4.78 is 1.16. The number of rotatable bonds is 4. The van der Waals surface area contributed by atoms with Crippen molar-refractivity contribution >= 4 is 21.6 Å². The van der Waals surface area contributed by atoms with E-state index >= 15 is 0 Å². The van der Waals surface area contributed by atoms with Crippen molar-refractivity contribution in [2.24, 2.45) is 0 Å². The molecule has 0 amide bonds. The van der Waals surface area contributed by atoms with E-state index in [1.54, 1.807) is 0 Å². The number of aliphatic hydroxyl groups is 1. The van der Waals surface area contributed by atoms with Gasteiger partial charge in [-0.2, -0.15) is 0 Å². The van der Waals surface area contributed by atoms with Crippen LogP contribution in [0.25, 0.3) is 0 Å². The van der Waals surface area contributed by atoms with Crippen LogP contribution < -0.4 is 10.2 Å². The normalized spacial score (nSPS) is 18.6. The molecule has 0 saturated carbocycles. The fourth-order valence-electron chi connectivity index (χ4n) is 2.60. The fourth-order valence-corrected chi connectivity index (χ4v) is 3.31. The van der Waals surface area contributed by atoms with Crippen molar-refractivity contribution in [3.63, 3.8) is 0 Å². The summed E-state index contributed by atoms with van der Waals surface area (Å²) in [6.45, 7) is 7.16. The average Bonchev–Trinajstić information content (AvgIpc) is 2.39. The molecular formula is C15H23BrN2O.